The minimum atomic E-state index is -2.40. The Morgan fingerprint density at radius 1 is 1.60 bits per heavy atom. The van der Waals surface area contributed by atoms with Gasteiger partial charge in [0.25, 0.3) is 0 Å². The van der Waals surface area contributed by atoms with Crippen LogP contribution in [0, 0.1) is 0 Å². The summed E-state index contributed by atoms with van der Waals surface area (Å²) >= 11 is 3.17. The van der Waals surface area contributed by atoms with Gasteiger partial charge in [-0.15, -0.1) is 0 Å². The Hall–Kier alpha value is -0.380. The SMILES string of the molecule is FC(F)N1C=CC(Br)=CC1. The summed E-state index contributed by atoms with van der Waals surface area (Å²) in [6.45, 7) is -2.12. The summed E-state index contributed by atoms with van der Waals surface area (Å²) in [4.78, 5) is 0.949. The zero-order valence-corrected chi connectivity index (χ0v) is 6.68. The average molecular weight is 210 g/mol. The second kappa shape index (κ2) is 3.14. The van der Waals surface area contributed by atoms with Crippen LogP contribution in [0.4, 0.5) is 8.78 Å². The summed E-state index contributed by atoms with van der Waals surface area (Å²) in [6, 6.07) is 0. The summed E-state index contributed by atoms with van der Waals surface area (Å²) in [5.41, 5.74) is 0. The number of hydrogen-bond acceptors (Lipinski definition) is 1. The molecule has 1 nitrogen and oxygen atoms in total. The molecule has 10 heavy (non-hydrogen) atoms. The normalized spacial score (nSPS) is 18.0. The maximum absolute atomic E-state index is 11.9. The van der Waals surface area contributed by atoms with Crippen LogP contribution in [0.3, 0.4) is 0 Å². The van der Waals surface area contributed by atoms with Gasteiger partial charge in [-0.05, 0) is 6.08 Å². The van der Waals surface area contributed by atoms with E-state index < -0.39 is 6.55 Å². The molecule has 0 unspecified atom stereocenters. The zero-order valence-electron chi connectivity index (χ0n) is 5.10. The van der Waals surface area contributed by atoms with E-state index in [1.807, 2.05) is 0 Å². The molecule has 0 aliphatic carbocycles. The minimum absolute atomic E-state index is 0.273. The lowest BCUT2D eigenvalue weighted by Crippen LogP contribution is -2.24. The summed E-state index contributed by atoms with van der Waals surface area (Å²) in [5.74, 6) is 0. The average Bonchev–Trinajstić information content (AvgIpc) is 1.88. The standard InChI is InChI=1S/C6H6BrF2N/c7-5-1-3-10(4-2-5)6(8)9/h1-3,6H,4H2. The molecule has 0 bridgehead atoms. The lowest BCUT2D eigenvalue weighted by Gasteiger charge is -2.19. The van der Waals surface area contributed by atoms with Crippen molar-refractivity contribution in [3.05, 3.63) is 22.8 Å². The van der Waals surface area contributed by atoms with E-state index in [1.54, 1.807) is 12.2 Å². The topological polar surface area (TPSA) is 3.24 Å². The van der Waals surface area contributed by atoms with E-state index >= 15 is 0 Å². The van der Waals surface area contributed by atoms with Gasteiger partial charge in [0.1, 0.15) is 0 Å². The van der Waals surface area contributed by atoms with Crippen molar-refractivity contribution in [2.45, 2.75) is 6.55 Å². The Kier molecular flexibility index (Phi) is 2.43. The minimum Gasteiger partial charge on any atom is -0.319 e. The van der Waals surface area contributed by atoms with Gasteiger partial charge in [-0.25, -0.2) is 0 Å². The lowest BCUT2D eigenvalue weighted by atomic mass is 10.4. The molecule has 0 atom stereocenters. The Labute approximate surface area is 66.1 Å². The van der Waals surface area contributed by atoms with Crippen molar-refractivity contribution in [3.63, 3.8) is 0 Å². The number of hydrogen-bond donors (Lipinski definition) is 0. The highest BCUT2D eigenvalue weighted by atomic mass is 79.9. The van der Waals surface area contributed by atoms with Gasteiger partial charge in [-0.2, -0.15) is 8.78 Å². The molecule has 56 valence electrons. The summed E-state index contributed by atoms with van der Waals surface area (Å²) < 4.78 is 24.6. The molecular formula is C6H6BrF2N. The quantitative estimate of drug-likeness (QED) is 0.600. The molecule has 4 heteroatoms. The highest BCUT2D eigenvalue weighted by molar-refractivity contribution is 9.11. The van der Waals surface area contributed by atoms with Gasteiger partial charge >= 0.3 is 6.55 Å². The molecule has 1 heterocycles. The molecule has 0 fully saturated rings. The molecule has 0 radical (unpaired) electrons. The van der Waals surface area contributed by atoms with Crippen LogP contribution < -0.4 is 0 Å². The monoisotopic (exact) mass is 209 g/mol. The molecule has 0 amide bonds. The molecule has 1 aliphatic rings. The predicted octanol–water partition coefficient (Wildman–Crippen LogP) is 2.32. The van der Waals surface area contributed by atoms with Crippen molar-refractivity contribution in [3.8, 4) is 0 Å². The Morgan fingerprint density at radius 3 is 2.70 bits per heavy atom. The fraction of sp³-hybridized carbons (Fsp3) is 0.333. The van der Waals surface area contributed by atoms with Gasteiger partial charge in [-0.3, -0.25) is 0 Å². The molecular weight excluding hydrogens is 204 g/mol. The van der Waals surface area contributed by atoms with E-state index in [9.17, 15) is 8.78 Å². The van der Waals surface area contributed by atoms with E-state index in [-0.39, 0.29) is 6.54 Å². The summed E-state index contributed by atoms with van der Waals surface area (Å²) in [7, 11) is 0. The van der Waals surface area contributed by atoms with E-state index in [2.05, 4.69) is 15.9 Å². The van der Waals surface area contributed by atoms with Crippen molar-refractivity contribution < 1.29 is 8.78 Å². The van der Waals surface area contributed by atoms with Gasteiger partial charge in [0.05, 0.1) is 0 Å². The summed E-state index contributed by atoms with van der Waals surface area (Å²) in [5, 5.41) is 0. The third-order valence-corrected chi connectivity index (χ3v) is 1.76. The first-order valence-corrected chi connectivity index (χ1v) is 3.57. The van der Waals surface area contributed by atoms with Crippen LogP contribution in [-0.2, 0) is 0 Å². The highest BCUT2D eigenvalue weighted by Gasteiger charge is 2.11. The fourth-order valence-electron chi connectivity index (χ4n) is 0.633. The Balaban J connectivity index is 2.52. The van der Waals surface area contributed by atoms with E-state index in [0.717, 1.165) is 9.38 Å². The van der Waals surface area contributed by atoms with Crippen LogP contribution in [-0.4, -0.2) is 18.0 Å². The number of nitrogens with zero attached hydrogens (tertiary/aromatic N) is 1. The van der Waals surface area contributed by atoms with Crippen LogP contribution in [0.15, 0.2) is 22.8 Å². The number of rotatable bonds is 1. The highest BCUT2D eigenvalue weighted by Crippen LogP contribution is 2.15. The molecule has 0 aromatic rings. The Morgan fingerprint density at radius 2 is 2.30 bits per heavy atom. The summed E-state index contributed by atoms with van der Waals surface area (Å²) in [6.07, 6.45) is 4.65. The van der Waals surface area contributed by atoms with Gasteiger partial charge in [0.15, 0.2) is 0 Å². The molecule has 0 aromatic carbocycles. The molecule has 1 rings (SSSR count). The first-order valence-electron chi connectivity index (χ1n) is 2.78. The van der Waals surface area contributed by atoms with E-state index in [4.69, 9.17) is 0 Å². The predicted molar refractivity (Wildman–Crippen MR) is 38.9 cm³/mol. The lowest BCUT2D eigenvalue weighted by molar-refractivity contribution is 0.0125. The van der Waals surface area contributed by atoms with Gasteiger partial charge in [0.2, 0.25) is 0 Å². The molecule has 0 saturated carbocycles. The first kappa shape index (κ1) is 7.72. The Bertz CT molecular complexity index is 177. The van der Waals surface area contributed by atoms with Crippen LogP contribution in [0.2, 0.25) is 0 Å². The maximum atomic E-state index is 11.9. The number of halogens is 3. The molecule has 1 aliphatic heterocycles. The second-order valence-electron chi connectivity index (χ2n) is 1.88. The van der Waals surface area contributed by atoms with Crippen molar-refractivity contribution >= 4 is 15.9 Å². The molecule has 0 spiro atoms. The van der Waals surface area contributed by atoms with Crippen molar-refractivity contribution in [2.24, 2.45) is 0 Å². The maximum Gasteiger partial charge on any atom is 0.315 e. The van der Waals surface area contributed by atoms with Crippen LogP contribution in [0.1, 0.15) is 0 Å². The van der Waals surface area contributed by atoms with Crippen molar-refractivity contribution in [2.75, 3.05) is 6.54 Å². The third-order valence-electron chi connectivity index (χ3n) is 1.17. The first-order chi connectivity index (χ1) is 4.70. The smallest absolute Gasteiger partial charge is 0.315 e. The van der Waals surface area contributed by atoms with Crippen LogP contribution in [0.5, 0.6) is 0 Å². The van der Waals surface area contributed by atoms with E-state index in [0.29, 0.717) is 0 Å². The second-order valence-corrected chi connectivity index (χ2v) is 2.79. The van der Waals surface area contributed by atoms with Gasteiger partial charge in [0, 0.05) is 17.2 Å². The molecule has 0 aromatic heterocycles. The third kappa shape index (κ3) is 1.80. The van der Waals surface area contributed by atoms with E-state index in [1.165, 1.54) is 6.20 Å². The molecule has 0 saturated heterocycles. The van der Waals surface area contributed by atoms with Crippen LogP contribution in [0.25, 0.3) is 0 Å². The molecule has 0 N–H and O–H groups in total. The van der Waals surface area contributed by atoms with Gasteiger partial charge < -0.3 is 4.90 Å². The fourth-order valence-corrected chi connectivity index (χ4v) is 0.896. The van der Waals surface area contributed by atoms with Crippen LogP contribution >= 0.6 is 15.9 Å². The number of allylic oxidation sites excluding steroid dienone is 2. The van der Waals surface area contributed by atoms with Gasteiger partial charge in [-0.1, -0.05) is 22.0 Å². The zero-order chi connectivity index (χ0) is 7.56. The largest absolute Gasteiger partial charge is 0.319 e. The number of alkyl halides is 2. The van der Waals surface area contributed by atoms with Crippen molar-refractivity contribution in [1.29, 1.82) is 0 Å². The van der Waals surface area contributed by atoms with Crippen molar-refractivity contribution in [1.82, 2.24) is 4.90 Å².